The number of halogens is 5. The van der Waals surface area contributed by atoms with Crippen molar-refractivity contribution >= 4 is 46.1 Å². The lowest BCUT2D eigenvalue weighted by Gasteiger charge is -2.16. The standard InChI is InChI=1S/C27H23ClF4N4O6S/c1-4-42-23(38)13-35-24(39)20(9-14-7-5-6-8-19(14)41-3)43-25(35)33-17-11-18(16(29)10-15(17)28)36-22(37)12-21(27(30,31)32)34(2)26(36)40/h5-8,10-12,20H,4,9,13H2,1-3H3/b33-25-. The van der Waals surface area contributed by atoms with Gasteiger partial charge in [0.05, 0.1) is 35.4 Å². The van der Waals surface area contributed by atoms with E-state index in [9.17, 15) is 32.3 Å². The minimum absolute atomic E-state index is 0.0231. The number of para-hydroxylation sites is 1. The first-order chi connectivity index (χ1) is 20.3. The fourth-order valence-corrected chi connectivity index (χ4v) is 5.65. The molecule has 43 heavy (non-hydrogen) atoms. The zero-order valence-corrected chi connectivity index (χ0v) is 24.3. The normalized spacial score (nSPS) is 16.2. The minimum atomic E-state index is -5.02. The van der Waals surface area contributed by atoms with Crippen molar-refractivity contribution in [3.8, 4) is 11.4 Å². The van der Waals surface area contributed by atoms with Crippen LogP contribution in [0.25, 0.3) is 5.69 Å². The van der Waals surface area contributed by atoms with E-state index in [4.69, 9.17) is 21.1 Å². The first-order valence-electron chi connectivity index (χ1n) is 12.5. The molecular weight excluding hydrogens is 620 g/mol. The van der Waals surface area contributed by atoms with Crippen LogP contribution in [0, 0.1) is 5.82 Å². The highest BCUT2D eigenvalue weighted by molar-refractivity contribution is 8.15. The Morgan fingerprint density at radius 2 is 1.84 bits per heavy atom. The smallest absolute Gasteiger partial charge is 0.431 e. The van der Waals surface area contributed by atoms with Crippen LogP contribution < -0.4 is 16.0 Å². The van der Waals surface area contributed by atoms with Crippen molar-refractivity contribution in [2.75, 3.05) is 20.3 Å². The molecule has 2 heterocycles. The van der Waals surface area contributed by atoms with E-state index in [0.29, 0.717) is 11.3 Å². The second-order valence-corrected chi connectivity index (χ2v) is 10.6. The third kappa shape index (κ3) is 6.62. The molecule has 228 valence electrons. The summed E-state index contributed by atoms with van der Waals surface area (Å²) in [7, 11) is 2.26. The lowest BCUT2D eigenvalue weighted by molar-refractivity contribution is -0.146. The number of ether oxygens (including phenoxy) is 2. The van der Waals surface area contributed by atoms with Gasteiger partial charge < -0.3 is 9.47 Å². The van der Waals surface area contributed by atoms with Crippen LogP contribution in [-0.4, -0.2) is 56.6 Å². The molecule has 3 aromatic rings. The fourth-order valence-electron chi connectivity index (χ4n) is 4.28. The Kier molecular flexibility index (Phi) is 9.35. The molecule has 4 rings (SSSR count). The van der Waals surface area contributed by atoms with E-state index in [1.807, 2.05) is 0 Å². The van der Waals surface area contributed by atoms with Crippen molar-refractivity contribution in [1.82, 2.24) is 14.0 Å². The number of benzene rings is 2. The zero-order valence-electron chi connectivity index (χ0n) is 22.8. The van der Waals surface area contributed by atoms with E-state index in [1.54, 1.807) is 31.2 Å². The molecule has 1 unspecified atom stereocenters. The highest BCUT2D eigenvalue weighted by Gasteiger charge is 2.40. The average molecular weight is 643 g/mol. The average Bonchev–Trinajstić information content (AvgIpc) is 3.21. The Balaban J connectivity index is 1.81. The summed E-state index contributed by atoms with van der Waals surface area (Å²) in [6.45, 7) is 1.13. The van der Waals surface area contributed by atoms with E-state index >= 15 is 4.39 Å². The number of thioether (sulfide) groups is 1. The zero-order chi connectivity index (χ0) is 31.6. The molecule has 16 heteroatoms. The summed E-state index contributed by atoms with van der Waals surface area (Å²) in [5, 5.41) is -1.10. The summed E-state index contributed by atoms with van der Waals surface area (Å²) in [6.07, 6.45) is -4.83. The van der Waals surface area contributed by atoms with Crippen molar-refractivity contribution in [2.24, 2.45) is 12.0 Å². The monoisotopic (exact) mass is 642 g/mol. The molecule has 1 fully saturated rings. The highest BCUT2D eigenvalue weighted by atomic mass is 35.5. The maximum atomic E-state index is 15.0. The highest BCUT2D eigenvalue weighted by Crippen LogP contribution is 2.36. The van der Waals surface area contributed by atoms with Crippen molar-refractivity contribution in [2.45, 2.75) is 24.8 Å². The topological polar surface area (TPSA) is 112 Å². The first-order valence-corrected chi connectivity index (χ1v) is 13.8. The number of carbonyl (C=O) groups is 2. The quantitative estimate of drug-likeness (QED) is 0.269. The third-order valence-corrected chi connectivity index (χ3v) is 7.77. The van der Waals surface area contributed by atoms with Gasteiger partial charge in [-0.3, -0.25) is 23.9 Å². The van der Waals surface area contributed by atoms with Crippen LogP contribution in [0.5, 0.6) is 5.75 Å². The number of amides is 1. The Morgan fingerprint density at radius 3 is 2.49 bits per heavy atom. The van der Waals surface area contributed by atoms with E-state index < -0.39 is 58.3 Å². The molecular formula is C27H23ClF4N4O6S. The maximum absolute atomic E-state index is 15.0. The van der Waals surface area contributed by atoms with Crippen LogP contribution in [-0.2, 0) is 34.0 Å². The molecule has 0 radical (unpaired) electrons. The summed E-state index contributed by atoms with van der Waals surface area (Å²) in [5.41, 5.74) is -4.68. The summed E-state index contributed by atoms with van der Waals surface area (Å²) in [5.74, 6) is -1.88. The van der Waals surface area contributed by atoms with Crippen LogP contribution >= 0.6 is 23.4 Å². The van der Waals surface area contributed by atoms with E-state index in [2.05, 4.69) is 4.99 Å². The van der Waals surface area contributed by atoms with Crippen LogP contribution in [0.4, 0.5) is 23.2 Å². The summed E-state index contributed by atoms with van der Waals surface area (Å²) in [4.78, 5) is 56.5. The lowest BCUT2D eigenvalue weighted by Crippen LogP contribution is -2.41. The third-order valence-electron chi connectivity index (χ3n) is 6.29. The molecule has 2 aromatic carbocycles. The van der Waals surface area contributed by atoms with Gasteiger partial charge in [-0.25, -0.2) is 18.7 Å². The van der Waals surface area contributed by atoms with Gasteiger partial charge in [-0.2, -0.15) is 13.2 Å². The largest absolute Gasteiger partial charge is 0.496 e. The predicted octanol–water partition coefficient (Wildman–Crippen LogP) is 4.09. The van der Waals surface area contributed by atoms with Gasteiger partial charge in [-0.15, -0.1) is 0 Å². The molecule has 1 amide bonds. The number of aliphatic imine (C=N–C) groups is 1. The van der Waals surface area contributed by atoms with E-state index in [-0.39, 0.29) is 44.1 Å². The summed E-state index contributed by atoms with van der Waals surface area (Å²) >= 11 is 7.20. The number of amidine groups is 1. The van der Waals surface area contributed by atoms with Gasteiger partial charge >= 0.3 is 17.8 Å². The molecule has 0 N–H and O–H groups in total. The number of carbonyl (C=O) groups excluding carboxylic acids is 2. The summed E-state index contributed by atoms with van der Waals surface area (Å²) < 4.78 is 65.6. The van der Waals surface area contributed by atoms with Gasteiger partial charge in [0.2, 0.25) is 5.91 Å². The molecule has 1 saturated heterocycles. The minimum Gasteiger partial charge on any atom is -0.496 e. The molecule has 1 atom stereocenters. The Bertz CT molecular complexity index is 1740. The molecule has 0 aliphatic carbocycles. The lowest BCUT2D eigenvalue weighted by atomic mass is 10.1. The van der Waals surface area contributed by atoms with Gasteiger partial charge in [-0.1, -0.05) is 41.6 Å². The maximum Gasteiger partial charge on any atom is 0.431 e. The van der Waals surface area contributed by atoms with E-state index in [0.717, 1.165) is 35.8 Å². The van der Waals surface area contributed by atoms with Crippen molar-refractivity contribution in [3.63, 3.8) is 0 Å². The van der Waals surface area contributed by atoms with Crippen LogP contribution in [0.3, 0.4) is 0 Å². The van der Waals surface area contributed by atoms with Crippen LogP contribution in [0.1, 0.15) is 18.2 Å². The molecule has 1 aliphatic rings. The Labute approximate surface area is 250 Å². The molecule has 1 aromatic heterocycles. The van der Waals surface area contributed by atoms with Crippen LogP contribution in [0.2, 0.25) is 5.02 Å². The number of nitrogens with zero attached hydrogens (tertiary/aromatic N) is 4. The Morgan fingerprint density at radius 1 is 1.14 bits per heavy atom. The molecule has 10 nitrogen and oxygen atoms in total. The van der Waals surface area contributed by atoms with Gasteiger partial charge in [0, 0.05) is 13.1 Å². The van der Waals surface area contributed by atoms with Gasteiger partial charge in [-0.05, 0) is 37.1 Å². The second kappa shape index (κ2) is 12.6. The summed E-state index contributed by atoms with van der Waals surface area (Å²) in [6, 6.07) is 8.79. The second-order valence-electron chi connectivity index (χ2n) is 9.04. The number of alkyl halides is 3. The number of aromatic nitrogens is 2. The SMILES string of the molecule is CCOC(=O)CN1C(=O)C(Cc2ccccc2OC)S/C1=N\c1cc(-n2c(=O)cc(C(F)(F)F)n(C)c2=O)c(F)cc1Cl. The Hall–Kier alpha value is -4.11. The van der Waals surface area contributed by atoms with Crippen molar-refractivity contribution < 1.29 is 36.6 Å². The number of rotatable bonds is 8. The van der Waals surface area contributed by atoms with Crippen molar-refractivity contribution in [1.29, 1.82) is 0 Å². The number of esters is 1. The molecule has 0 spiro atoms. The van der Waals surface area contributed by atoms with Crippen molar-refractivity contribution in [3.05, 3.63) is 85.4 Å². The number of hydrogen-bond acceptors (Lipinski definition) is 8. The van der Waals surface area contributed by atoms with Crippen LogP contribution in [0.15, 0.2) is 57.0 Å². The van der Waals surface area contributed by atoms with Gasteiger partial charge in [0.1, 0.15) is 23.8 Å². The van der Waals surface area contributed by atoms with E-state index in [1.165, 1.54) is 7.11 Å². The first kappa shape index (κ1) is 31.8. The number of methoxy groups -OCH3 is 1. The molecule has 1 aliphatic heterocycles. The molecule has 0 bridgehead atoms. The fraction of sp³-hybridized carbons (Fsp3) is 0.296. The van der Waals surface area contributed by atoms with Gasteiger partial charge in [0.25, 0.3) is 5.56 Å². The number of hydrogen-bond donors (Lipinski definition) is 0. The predicted molar refractivity (Wildman–Crippen MR) is 151 cm³/mol. The molecule has 0 saturated carbocycles. The van der Waals surface area contributed by atoms with Gasteiger partial charge in [0.15, 0.2) is 5.17 Å².